The zero-order valence-corrected chi connectivity index (χ0v) is 7.38. The Balaban J connectivity index is 3.76. The first-order valence-corrected chi connectivity index (χ1v) is 4.49. The van der Waals surface area contributed by atoms with Crippen LogP contribution in [0.2, 0.25) is 0 Å². The molecule has 0 bridgehead atoms. The van der Waals surface area contributed by atoms with Gasteiger partial charge in [-0.15, -0.1) is 0 Å². The number of rotatable bonds is 3. The molecule has 0 radical (unpaired) electrons. The number of carbonyl (C=O) groups excluding carboxylic acids is 1. The number of hydrogen-bond donors (Lipinski definition) is 4. The Morgan fingerprint density at radius 3 is 2.27 bits per heavy atom. The molecule has 2 atom stereocenters. The zero-order chi connectivity index (χ0) is 9.02. The molecular weight excluding hydrogens is 167 g/mol. The fourth-order valence-corrected chi connectivity index (χ4v) is 0.638. The zero-order valence-electron chi connectivity index (χ0n) is 6.48. The largest absolute Gasteiger partial charge is 0.349 e. The minimum Gasteiger partial charge on any atom is -0.349 e. The van der Waals surface area contributed by atoms with E-state index in [1.165, 1.54) is 13.8 Å². The summed E-state index contributed by atoms with van der Waals surface area (Å²) < 4.78 is 0. The monoisotopic (exact) mass is 180 g/mol. The van der Waals surface area contributed by atoms with E-state index in [9.17, 15) is 4.79 Å². The molecule has 5 N–H and O–H groups in total. The molecule has 0 heterocycles. The molecule has 0 spiro atoms. The lowest BCUT2D eigenvalue weighted by atomic mass is 10.3. The fourth-order valence-electron chi connectivity index (χ4n) is 0.395. The lowest BCUT2D eigenvalue weighted by molar-refractivity contribution is -0.122. The highest BCUT2D eigenvalue weighted by molar-refractivity contribution is 7.45. The molecule has 0 fully saturated rings. The lowest BCUT2D eigenvalue weighted by Gasteiger charge is -2.15. The van der Waals surface area contributed by atoms with Gasteiger partial charge in [-0.05, 0) is 13.8 Å². The second-order valence-corrected chi connectivity index (χ2v) is 3.71. The van der Waals surface area contributed by atoms with E-state index in [4.69, 9.17) is 15.5 Å². The molecule has 1 amide bonds. The molecule has 11 heavy (non-hydrogen) atoms. The van der Waals surface area contributed by atoms with Gasteiger partial charge in [-0.3, -0.25) is 4.79 Å². The van der Waals surface area contributed by atoms with Crippen molar-refractivity contribution in [3.05, 3.63) is 0 Å². The topological polar surface area (TPSA) is 95.6 Å². The predicted octanol–water partition coefficient (Wildman–Crippen LogP) is -0.908. The first kappa shape index (κ1) is 10.8. The van der Waals surface area contributed by atoms with Gasteiger partial charge in [0, 0.05) is 0 Å². The third-order valence-corrected chi connectivity index (χ3v) is 1.93. The average molecular weight is 180 g/mol. The van der Waals surface area contributed by atoms with Gasteiger partial charge >= 0.3 is 0 Å². The Labute approximate surface area is 66.5 Å². The Morgan fingerprint density at radius 1 is 1.55 bits per heavy atom. The van der Waals surface area contributed by atoms with Crippen molar-refractivity contribution in [1.29, 1.82) is 0 Å². The second kappa shape index (κ2) is 4.62. The maximum absolute atomic E-state index is 10.8. The molecule has 0 rings (SSSR count). The standard InChI is InChI=1S/C5H13N2O3P/c1-3(6)5(8)7-4(2)11(9)10/h3-4,9-10H,6H2,1-2H3,(H,7,8)/t3-,4?/m1/s1. The molecule has 0 aliphatic heterocycles. The van der Waals surface area contributed by atoms with Crippen molar-refractivity contribution in [3.8, 4) is 0 Å². The van der Waals surface area contributed by atoms with Gasteiger partial charge in [0.15, 0.2) is 8.38 Å². The van der Waals surface area contributed by atoms with Crippen LogP contribution in [-0.2, 0) is 4.79 Å². The van der Waals surface area contributed by atoms with Crippen LogP contribution in [0.5, 0.6) is 0 Å². The number of carbonyl (C=O) groups is 1. The number of nitrogens with one attached hydrogen (secondary N) is 1. The van der Waals surface area contributed by atoms with E-state index < -0.39 is 20.2 Å². The van der Waals surface area contributed by atoms with Gasteiger partial charge in [0.05, 0.1) is 11.8 Å². The minimum absolute atomic E-state index is 0.381. The highest BCUT2D eigenvalue weighted by Gasteiger charge is 2.16. The average Bonchev–Trinajstić information content (AvgIpc) is 1.87. The van der Waals surface area contributed by atoms with Crippen LogP contribution in [0, 0.1) is 0 Å². The lowest BCUT2D eigenvalue weighted by Crippen LogP contribution is -2.42. The van der Waals surface area contributed by atoms with Crippen molar-refractivity contribution >= 4 is 14.3 Å². The van der Waals surface area contributed by atoms with Gasteiger partial charge in [-0.1, -0.05) is 0 Å². The van der Waals surface area contributed by atoms with E-state index in [2.05, 4.69) is 5.32 Å². The van der Waals surface area contributed by atoms with Gasteiger partial charge in [0.25, 0.3) is 0 Å². The van der Waals surface area contributed by atoms with Crippen LogP contribution >= 0.6 is 8.38 Å². The van der Waals surface area contributed by atoms with Crippen molar-refractivity contribution < 1.29 is 14.6 Å². The molecule has 0 aliphatic carbocycles. The summed E-state index contributed by atoms with van der Waals surface area (Å²) in [6.45, 7) is 3.03. The first-order valence-electron chi connectivity index (χ1n) is 3.18. The minimum atomic E-state index is -2.11. The summed E-state index contributed by atoms with van der Waals surface area (Å²) in [6.07, 6.45) is 0. The van der Waals surface area contributed by atoms with Gasteiger partial charge in [-0.25, -0.2) is 0 Å². The third kappa shape index (κ3) is 4.27. The number of nitrogens with two attached hydrogens (primary N) is 1. The molecule has 0 saturated carbocycles. The third-order valence-electron chi connectivity index (χ3n) is 1.11. The maximum Gasteiger partial charge on any atom is 0.237 e. The van der Waals surface area contributed by atoms with Crippen LogP contribution < -0.4 is 11.1 Å². The molecule has 0 aromatic rings. The van der Waals surface area contributed by atoms with E-state index in [0.29, 0.717) is 0 Å². The highest BCUT2D eigenvalue weighted by atomic mass is 31.2. The SMILES string of the molecule is CC(NC(=O)[C@@H](C)N)P(O)O. The van der Waals surface area contributed by atoms with Crippen molar-refractivity contribution in [2.75, 3.05) is 0 Å². The van der Waals surface area contributed by atoms with Crippen LogP contribution in [-0.4, -0.2) is 27.5 Å². The summed E-state index contributed by atoms with van der Waals surface area (Å²) in [6, 6.07) is -0.618. The second-order valence-electron chi connectivity index (χ2n) is 2.29. The Hall–Kier alpha value is -0.220. The number of hydrogen-bond acceptors (Lipinski definition) is 4. The molecule has 0 aliphatic rings. The number of amides is 1. The first-order chi connectivity index (χ1) is 4.95. The summed E-state index contributed by atoms with van der Waals surface area (Å²) in [4.78, 5) is 28.0. The molecule has 6 heteroatoms. The summed E-state index contributed by atoms with van der Waals surface area (Å²) in [7, 11) is -2.11. The van der Waals surface area contributed by atoms with E-state index >= 15 is 0 Å². The summed E-state index contributed by atoms with van der Waals surface area (Å²) in [5, 5.41) is 2.34. The highest BCUT2D eigenvalue weighted by Crippen LogP contribution is 2.27. The van der Waals surface area contributed by atoms with Gasteiger partial charge in [0.2, 0.25) is 5.91 Å². The van der Waals surface area contributed by atoms with Crippen LogP contribution in [0.3, 0.4) is 0 Å². The van der Waals surface area contributed by atoms with E-state index in [1.807, 2.05) is 0 Å². The van der Waals surface area contributed by atoms with Crippen LogP contribution in [0.4, 0.5) is 0 Å². The Morgan fingerprint density at radius 2 is 2.00 bits per heavy atom. The normalized spacial score (nSPS) is 16.2. The molecule has 66 valence electrons. The van der Waals surface area contributed by atoms with Crippen LogP contribution in [0.25, 0.3) is 0 Å². The molecule has 0 saturated heterocycles. The van der Waals surface area contributed by atoms with Crippen molar-refractivity contribution in [2.24, 2.45) is 5.73 Å². The summed E-state index contributed by atoms with van der Waals surface area (Å²) in [5.74, 6) is -1.00. The Bertz CT molecular complexity index is 140. The predicted molar refractivity (Wildman–Crippen MR) is 42.6 cm³/mol. The van der Waals surface area contributed by atoms with Crippen LogP contribution in [0.15, 0.2) is 0 Å². The van der Waals surface area contributed by atoms with Crippen molar-refractivity contribution in [1.82, 2.24) is 5.32 Å². The fraction of sp³-hybridized carbons (Fsp3) is 0.800. The van der Waals surface area contributed by atoms with Gasteiger partial charge in [-0.2, -0.15) is 0 Å². The summed E-state index contributed by atoms with van der Waals surface area (Å²) in [5.41, 5.74) is 5.22. The quantitative estimate of drug-likeness (QED) is 0.423. The molecule has 0 aromatic carbocycles. The smallest absolute Gasteiger partial charge is 0.237 e. The van der Waals surface area contributed by atoms with E-state index in [-0.39, 0.29) is 5.91 Å². The van der Waals surface area contributed by atoms with Crippen molar-refractivity contribution in [2.45, 2.75) is 25.7 Å². The van der Waals surface area contributed by atoms with Gasteiger partial charge < -0.3 is 20.8 Å². The molecule has 5 nitrogen and oxygen atoms in total. The van der Waals surface area contributed by atoms with Gasteiger partial charge in [0.1, 0.15) is 0 Å². The van der Waals surface area contributed by atoms with E-state index in [0.717, 1.165) is 0 Å². The van der Waals surface area contributed by atoms with E-state index in [1.54, 1.807) is 0 Å². The summed E-state index contributed by atoms with van der Waals surface area (Å²) >= 11 is 0. The van der Waals surface area contributed by atoms with Crippen LogP contribution in [0.1, 0.15) is 13.8 Å². The Kier molecular flexibility index (Phi) is 4.52. The molecule has 1 unspecified atom stereocenters. The molecular formula is C5H13N2O3P. The maximum atomic E-state index is 10.8. The van der Waals surface area contributed by atoms with Crippen molar-refractivity contribution in [3.63, 3.8) is 0 Å². The molecule has 0 aromatic heterocycles.